The van der Waals surface area contributed by atoms with Crippen LogP contribution in [0.4, 0.5) is 5.69 Å². The van der Waals surface area contributed by atoms with Gasteiger partial charge in [-0.3, -0.25) is 0 Å². The minimum atomic E-state index is 0.233. The van der Waals surface area contributed by atoms with E-state index in [4.69, 9.17) is 5.73 Å². The zero-order valence-electron chi connectivity index (χ0n) is 7.96. The second-order valence-corrected chi connectivity index (χ2v) is 4.33. The third kappa shape index (κ3) is 0.960. The van der Waals surface area contributed by atoms with Gasteiger partial charge in [-0.1, -0.05) is 0 Å². The Labute approximate surface area is 82.9 Å². The van der Waals surface area contributed by atoms with E-state index in [1.54, 1.807) is 0 Å². The van der Waals surface area contributed by atoms with Crippen LogP contribution in [-0.2, 0) is 0 Å². The molecule has 1 heterocycles. The fourth-order valence-corrected chi connectivity index (χ4v) is 2.76. The number of nitrogen functional groups attached to an aromatic ring is 1. The van der Waals surface area contributed by atoms with Crippen LogP contribution in [0.3, 0.4) is 0 Å². The quantitative estimate of drug-likeness (QED) is 0.425. The number of hydrogen-bond acceptors (Lipinski definition) is 3. The predicted octanol–water partition coefficient (Wildman–Crippen LogP) is 1.15. The number of benzene rings is 1. The average Bonchev–Trinajstić information content (AvgIpc) is 2.42. The number of nitrogens with two attached hydrogens (primary N) is 1. The normalized spacial score (nSPS) is 28.9. The number of phenols is 1. The van der Waals surface area contributed by atoms with Crippen molar-refractivity contribution in [1.82, 2.24) is 5.32 Å². The molecule has 1 fully saturated rings. The predicted molar refractivity (Wildman–Crippen MR) is 55.5 cm³/mol. The molecular weight excluding hydrogens is 176 g/mol. The van der Waals surface area contributed by atoms with Gasteiger partial charge in [-0.05, 0) is 41.5 Å². The Morgan fingerprint density at radius 1 is 1.21 bits per heavy atom. The van der Waals surface area contributed by atoms with Crippen molar-refractivity contribution in [3.05, 3.63) is 23.3 Å². The maximum absolute atomic E-state index is 9.56. The molecule has 1 aromatic rings. The Balaban J connectivity index is 2.17. The lowest BCUT2D eigenvalue weighted by molar-refractivity contribution is 0.452. The fraction of sp³-hybridized carbons (Fsp3) is 0.455. The molecule has 3 heteroatoms. The van der Waals surface area contributed by atoms with Crippen molar-refractivity contribution in [1.29, 1.82) is 0 Å². The van der Waals surface area contributed by atoms with Crippen molar-refractivity contribution >= 4 is 5.69 Å². The zero-order valence-corrected chi connectivity index (χ0v) is 7.96. The molecule has 1 aromatic carbocycles. The van der Waals surface area contributed by atoms with Crippen LogP contribution in [0.2, 0.25) is 0 Å². The van der Waals surface area contributed by atoms with Crippen LogP contribution in [0.5, 0.6) is 5.75 Å². The maximum Gasteiger partial charge on any atom is 0.138 e. The highest BCUT2D eigenvalue weighted by molar-refractivity contribution is 5.59. The molecule has 2 atom stereocenters. The molecule has 0 aromatic heterocycles. The van der Waals surface area contributed by atoms with Crippen molar-refractivity contribution < 1.29 is 5.11 Å². The first-order chi connectivity index (χ1) is 6.75. The number of fused-ring (bicyclic) bond motifs is 5. The lowest BCUT2D eigenvalue weighted by atomic mass is 9.98. The first-order valence-electron chi connectivity index (χ1n) is 5.08. The molecule has 2 aliphatic rings. The average molecular weight is 190 g/mol. The summed E-state index contributed by atoms with van der Waals surface area (Å²) in [5, 5.41) is 13.0. The van der Waals surface area contributed by atoms with Gasteiger partial charge in [-0.15, -0.1) is 0 Å². The number of nitrogens with one attached hydrogen (secondary N) is 1. The van der Waals surface area contributed by atoms with Gasteiger partial charge in [-0.25, -0.2) is 0 Å². The fourth-order valence-electron chi connectivity index (χ4n) is 2.76. The summed E-state index contributed by atoms with van der Waals surface area (Å²) in [6.45, 7) is 2.08. The van der Waals surface area contributed by atoms with Gasteiger partial charge in [0.25, 0.3) is 0 Å². The summed E-state index contributed by atoms with van der Waals surface area (Å²) in [5.74, 6) is 1.41. The van der Waals surface area contributed by atoms with Gasteiger partial charge in [-0.2, -0.15) is 0 Å². The van der Waals surface area contributed by atoms with Gasteiger partial charge in [0.2, 0.25) is 0 Å². The van der Waals surface area contributed by atoms with Gasteiger partial charge in [0.15, 0.2) is 0 Å². The van der Waals surface area contributed by atoms with E-state index in [-0.39, 0.29) is 5.75 Å². The number of rotatable bonds is 0. The number of piperidine rings is 1. The van der Waals surface area contributed by atoms with Gasteiger partial charge in [0.1, 0.15) is 5.75 Å². The van der Waals surface area contributed by atoms with Gasteiger partial charge >= 0.3 is 0 Å². The summed E-state index contributed by atoms with van der Waals surface area (Å²) in [6.07, 6.45) is 1.21. The van der Waals surface area contributed by atoms with E-state index in [9.17, 15) is 5.11 Å². The highest BCUT2D eigenvalue weighted by Crippen LogP contribution is 2.46. The number of hydrogen-bond donors (Lipinski definition) is 3. The molecule has 14 heavy (non-hydrogen) atoms. The highest BCUT2D eigenvalue weighted by Gasteiger charge is 2.34. The van der Waals surface area contributed by atoms with Crippen LogP contribution in [0.25, 0.3) is 0 Å². The van der Waals surface area contributed by atoms with Gasteiger partial charge < -0.3 is 16.2 Å². The Morgan fingerprint density at radius 3 is 2.57 bits per heavy atom. The molecule has 1 aliphatic heterocycles. The van der Waals surface area contributed by atoms with Crippen LogP contribution in [-0.4, -0.2) is 18.2 Å². The van der Waals surface area contributed by atoms with Crippen LogP contribution >= 0.6 is 0 Å². The Bertz CT molecular complexity index is 354. The molecule has 3 nitrogen and oxygen atoms in total. The molecule has 3 rings (SSSR count). The molecule has 0 radical (unpaired) electrons. The smallest absolute Gasteiger partial charge is 0.138 e. The highest BCUT2D eigenvalue weighted by atomic mass is 16.3. The van der Waals surface area contributed by atoms with E-state index in [1.165, 1.54) is 17.5 Å². The maximum atomic E-state index is 9.56. The SMILES string of the molecule is Nc1cc2c(cc1O)C1CNCC2C1. The second-order valence-electron chi connectivity index (χ2n) is 4.33. The number of anilines is 1. The molecule has 0 saturated carbocycles. The van der Waals surface area contributed by atoms with E-state index in [2.05, 4.69) is 5.32 Å². The van der Waals surface area contributed by atoms with E-state index < -0.39 is 0 Å². The second kappa shape index (κ2) is 2.64. The molecule has 1 saturated heterocycles. The summed E-state index contributed by atoms with van der Waals surface area (Å²) >= 11 is 0. The van der Waals surface area contributed by atoms with Crippen molar-refractivity contribution in [2.45, 2.75) is 18.3 Å². The van der Waals surface area contributed by atoms with Crippen molar-refractivity contribution in [3.8, 4) is 5.75 Å². The summed E-state index contributed by atoms with van der Waals surface area (Å²) < 4.78 is 0. The monoisotopic (exact) mass is 190 g/mol. The van der Waals surface area contributed by atoms with E-state index in [0.717, 1.165) is 13.1 Å². The minimum Gasteiger partial charge on any atom is -0.506 e. The molecule has 74 valence electrons. The summed E-state index contributed by atoms with van der Waals surface area (Å²) in [5.41, 5.74) is 8.86. The summed E-state index contributed by atoms with van der Waals surface area (Å²) in [7, 11) is 0. The van der Waals surface area contributed by atoms with Crippen LogP contribution in [0.15, 0.2) is 12.1 Å². The molecule has 4 N–H and O–H groups in total. The van der Waals surface area contributed by atoms with Crippen molar-refractivity contribution in [3.63, 3.8) is 0 Å². The molecule has 1 aliphatic carbocycles. The Kier molecular flexibility index (Phi) is 1.53. The molecule has 0 amide bonds. The standard InChI is InChI=1S/C11H14N2O/c12-10-2-8-6-1-7(5-13-4-6)9(8)3-11(10)14/h2-3,6-7,13-14H,1,4-5,12H2. The van der Waals surface area contributed by atoms with Crippen molar-refractivity contribution in [2.24, 2.45) is 0 Å². The third-order valence-corrected chi connectivity index (χ3v) is 3.46. The zero-order chi connectivity index (χ0) is 9.71. The van der Waals surface area contributed by atoms with Crippen LogP contribution in [0, 0.1) is 0 Å². The lowest BCUT2D eigenvalue weighted by Crippen LogP contribution is -2.28. The van der Waals surface area contributed by atoms with Crippen LogP contribution in [0.1, 0.15) is 29.4 Å². The molecule has 0 spiro atoms. The molecular formula is C11H14N2O. The Morgan fingerprint density at radius 2 is 1.86 bits per heavy atom. The number of aromatic hydroxyl groups is 1. The van der Waals surface area contributed by atoms with Gasteiger partial charge in [0, 0.05) is 13.1 Å². The van der Waals surface area contributed by atoms with E-state index in [1.807, 2.05) is 12.1 Å². The summed E-state index contributed by atoms with van der Waals surface area (Å²) in [6, 6.07) is 3.80. The molecule has 2 bridgehead atoms. The van der Waals surface area contributed by atoms with Crippen molar-refractivity contribution in [2.75, 3.05) is 18.8 Å². The van der Waals surface area contributed by atoms with E-state index in [0.29, 0.717) is 17.5 Å². The third-order valence-electron chi connectivity index (χ3n) is 3.46. The summed E-state index contributed by atoms with van der Waals surface area (Å²) in [4.78, 5) is 0. The Hall–Kier alpha value is -1.22. The topological polar surface area (TPSA) is 58.3 Å². The minimum absolute atomic E-state index is 0.233. The van der Waals surface area contributed by atoms with Gasteiger partial charge in [0.05, 0.1) is 5.69 Å². The van der Waals surface area contributed by atoms with Crippen LogP contribution < -0.4 is 11.1 Å². The largest absolute Gasteiger partial charge is 0.506 e. The first-order valence-corrected chi connectivity index (χ1v) is 5.08. The lowest BCUT2D eigenvalue weighted by Gasteiger charge is -2.19. The first kappa shape index (κ1) is 8.12. The van der Waals surface area contributed by atoms with E-state index >= 15 is 0 Å². The number of phenolic OH excluding ortho intramolecular Hbond substituents is 1. The molecule has 2 unspecified atom stereocenters.